The second-order valence-electron chi connectivity index (χ2n) is 6.37. The number of hydrogen-bond acceptors (Lipinski definition) is 6. The molecule has 0 radical (unpaired) electrons. The fourth-order valence-corrected chi connectivity index (χ4v) is 3.27. The standard InChI is InChI=1S/C18H20BrN5O3/c1-13-3-2-4-15(24(26)27)18(13)21-17(25)12-22-7-9-23(10-8-22)16-6-5-14(19)11-20-16/h2-6,11H,7-10,12H2,1H3,(H,21,25). The van der Waals surface area contributed by atoms with Crippen LogP contribution in [0.4, 0.5) is 17.2 Å². The average Bonchev–Trinajstić information content (AvgIpc) is 2.64. The lowest BCUT2D eigenvalue weighted by Crippen LogP contribution is -2.49. The number of amides is 1. The van der Waals surface area contributed by atoms with Gasteiger partial charge in [0.2, 0.25) is 5.91 Å². The van der Waals surface area contributed by atoms with Crippen LogP contribution in [-0.2, 0) is 4.79 Å². The lowest BCUT2D eigenvalue weighted by Gasteiger charge is -2.35. The number of anilines is 2. The van der Waals surface area contributed by atoms with Crippen LogP contribution in [0.5, 0.6) is 0 Å². The van der Waals surface area contributed by atoms with Gasteiger partial charge < -0.3 is 10.2 Å². The van der Waals surface area contributed by atoms with E-state index in [4.69, 9.17) is 0 Å². The first-order chi connectivity index (χ1) is 12.9. The Morgan fingerprint density at radius 3 is 2.63 bits per heavy atom. The van der Waals surface area contributed by atoms with Crippen LogP contribution < -0.4 is 10.2 Å². The Kier molecular flexibility index (Phi) is 6.02. The SMILES string of the molecule is Cc1cccc([N+](=O)[O-])c1NC(=O)CN1CCN(c2ccc(Br)cn2)CC1. The van der Waals surface area contributed by atoms with Crippen molar-refractivity contribution < 1.29 is 9.72 Å². The van der Waals surface area contributed by atoms with Gasteiger partial charge in [-0.05, 0) is 40.5 Å². The maximum atomic E-state index is 12.4. The van der Waals surface area contributed by atoms with Gasteiger partial charge in [0.1, 0.15) is 11.5 Å². The van der Waals surface area contributed by atoms with Crippen LogP contribution in [0.15, 0.2) is 41.0 Å². The third-order valence-corrected chi connectivity index (χ3v) is 4.96. The molecule has 1 aliphatic heterocycles. The van der Waals surface area contributed by atoms with E-state index < -0.39 is 4.92 Å². The van der Waals surface area contributed by atoms with E-state index in [0.717, 1.165) is 36.5 Å². The predicted octanol–water partition coefficient (Wildman–Crippen LogP) is 2.82. The number of carbonyl (C=O) groups is 1. The van der Waals surface area contributed by atoms with Crippen LogP contribution >= 0.6 is 15.9 Å². The molecule has 0 atom stereocenters. The van der Waals surface area contributed by atoms with Gasteiger partial charge in [0.15, 0.2) is 0 Å². The van der Waals surface area contributed by atoms with Gasteiger partial charge in [0.05, 0.1) is 11.5 Å². The van der Waals surface area contributed by atoms with E-state index in [9.17, 15) is 14.9 Å². The molecule has 1 aromatic carbocycles. The summed E-state index contributed by atoms with van der Waals surface area (Å²) in [6.45, 7) is 4.93. The second-order valence-corrected chi connectivity index (χ2v) is 7.29. The molecule has 0 unspecified atom stereocenters. The molecule has 2 aromatic rings. The maximum Gasteiger partial charge on any atom is 0.293 e. The number of nitrogens with one attached hydrogen (secondary N) is 1. The number of para-hydroxylation sites is 1. The number of nitro benzene ring substituents is 1. The first-order valence-electron chi connectivity index (χ1n) is 8.57. The number of aryl methyl sites for hydroxylation is 1. The van der Waals surface area contributed by atoms with Crippen molar-refractivity contribution in [2.24, 2.45) is 0 Å². The lowest BCUT2D eigenvalue weighted by atomic mass is 10.1. The molecule has 8 nitrogen and oxygen atoms in total. The van der Waals surface area contributed by atoms with E-state index >= 15 is 0 Å². The highest BCUT2D eigenvalue weighted by Gasteiger charge is 2.22. The number of nitro groups is 1. The maximum absolute atomic E-state index is 12.4. The first-order valence-corrected chi connectivity index (χ1v) is 9.36. The van der Waals surface area contributed by atoms with E-state index in [-0.39, 0.29) is 23.8 Å². The van der Waals surface area contributed by atoms with Gasteiger partial charge in [-0.15, -0.1) is 0 Å². The van der Waals surface area contributed by atoms with Crippen molar-refractivity contribution in [2.45, 2.75) is 6.92 Å². The molecular weight excluding hydrogens is 414 g/mol. The van der Waals surface area contributed by atoms with Gasteiger partial charge in [0.25, 0.3) is 5.69 Å². The van der Waals surface area contributed by atoms with Crippen LogP contribution in [0.2, 0.25) is 0 Å². The lowest BCUT2D eigenvalue weighted by molar-refractivity contribution is -0.384. The zero-order valence-corrected chi connectivity index (χ0v) is 16.5. The van der Waals surface area contributed by atoms with Crippen molar-refractivity contribution in [1.82, 2.24) is 9.88 Å². The number of piperazine rings is 1. The highest BCUT2D eigenvalue weighted by atomic mass is 79.9. The number of halogens is 1. The minimum Gasteiger partial charge on any atom is -0.354 e. The Balaban J connectivity index is 1.56. The van der Waals surface area contributed by atoms with Gasteiger partial charge in [-0.2, -0.15) is 0 Å². The fourth-order valence-electron chi connectivity index (χ4n) is 3.04. The molecular formula is C18H20BrN5O3. The second kappa shape index (κ2) is 8.45. The molecule has 142 valence electrons. The van der Waals surface area contributed by atoms with Gasteiger partial charge in [-0.1, -0.05) is 12.1 Å². The van der Waals surface area contributed by atoms with Crippen molar-refractivity contribution in [3.05, 3.63) is 56.7 Å². The van der Waals surface area contributed by atoms with Gasteiger partial charge in [-0.3, -0.25) is 19.8 Å². The summed E-state index contributed by atoms with van der Waals surface area (Å²) in [5.41, 5.74) is 0.850. The number of rotatable bonds is 5. The average molecular weight is 434 g/mol. The fraction of sp³-hybridized carbons (Fsp3) is 0.333. The predicted molar refractivity (Wildman–Crippen MR) is 107 cm³/mol. The minimum absolute atomic E-state index is 0.0884. The molecule has 3 rings (SSSR count). The molecule has 1 aliphatic rings. The van der Waals surface area contributed by atoms with E-state index in [0.29, 0.717) is 5.56 Å². The molecule has 9 heteroatoms. The van der Waals surface area contributed by atoms with Crippen LogP contribution in [0, 0.1) is 17.0 Å². The molecule has 0 bridgehead atoms. The van der Waals surface area contributed by atoms with Crippen LogP contribution in [0.1, 0.15) is 5.56 Å². The van der Waals surface area contributed by atoms with Crippen LogP contribution in [-0.4, -0.2) is 53.4 Å². The van der Waals surface area contributed by atoms with Crippen molar-refractivity contribution in [2.75, 3.05) is 42.9 Å². The normalized spacial score (nSPS) is 14.8. The molecule has 0 spiro atoms. The summed E-state index contributed by atoms with van der Waals surface area (Å²) in [5.74, 6) is 0.667. The molecule has 0 aliphatic carbocycles. The number of aromatic nitrogens is 1. The van der Waals surface area contributed by atoms with Crippen molar-refractivity contribution >= 4 is 39.0 Å². The summed E-state index contributed by atoms with van der Waals surface area (Å²) in [4.78, 5) is 31.7. The summed E-state index contributed by atoms with van der Waals surface area (Å²) in [6, 6.07) is 8.67. The largest absolute Gasteiger partial charge is 0.354 e. The molecule has 0 saturated carbocycles. The van der Waals surface area contributed by atoms with Crippen LogP contribution in [0.3, 0.4) is 0 Å². The monoisotopic (exact) mass is 433 g/mol. The number of pyridine rings is 1. The summed E-state index contributed by atoms with van der Waals surface area (Å²) in [6.07, 6.45) is 1.77. The molecule has 1 saturated heterocycles. The van der Waals surface area contributed by atoms with Crippen molar-refractivity contribution in [3.63, 3.8) is 0 Å². The van der Waals surface area contributed by atoms with Crippen molar-refractivity contribution in [3.8, 4) is 0 Å². The first kappa shape index (κ1) is 19.2. The molecule has 27 heavy (non-hydrogen) atoms. The van der Waals surface area contributed by atoms with Gasteiger partial charge in [-0.25, -0.2) is 4.98 Å². The number of benzene rings is 1. The highest BCUT2D eigenvalue weighted by molar-refractivity contribution is 9.10. The van der Waals surface area contributed by atoms with Gasteiger partial charge >= 0.3 is 0 Å². The molecule has 1 N–H and O–H groups in total. The summed E-state index contributed by atoms with van der Waals surface area (Å²) >= 11 is 3.38. The summed E-state index contributed by atoms with van der Waals surface area (Å²) < 4.78 is 0.937. The Labute approximate surface area is 165 Å². The van der Waals surface area contributed by atoms with E-state index in [1.165, 1.54) is 6.07 Å². The summed E-state index contributed by atoms with van der Waals surface area (Å²) in [7, 11) is 0. The Bertz CT molecular complexity index is 835. The third kappa shape index (κ3) is 4.81. The van der Waals surface area contributed by atoms with E-state index in [2.05, 4.69) is 31.1 Å². The smallest absolute Gasteiger partial charge is 0.293 e. The number of carbonyl (C=O) groups excluding carboxylic acids is 1. The highest BCUT2D eigenvalue weighted by Crippen LogP contribution is 2.27. The molecule has 2 heterocycles. The molecule has 1 amide bonds. The Hall–Kier alpha value is -2.52. The number of nitrogens with zero attached hydrogens (tertiary/aromatic N) is 4. The minimum atomic E-state index is -0.480. The van der Waals surface area contributed by atoms with E-state index in [1.807, 2.05) is 17.0 Å². The molecule has 1 fully saturated rings. The van der Waals surface area contributed by atoms with E-state index in [1.54, 1.807) is 25.3 Å². The topological polar surface area (TPSA) is 91.6 Å². The van der Waals surface area contributed by atoms with Crippen molar-refractivity contribution in [1.29, 1.82) is 0 Å². The Morgan fingerprint density at radius 1 is 1.26 bits per heavy atom. The number of hydrogen-bond donors (Lipinski definition) is 1. The molecule has 1 aromatic heterocycles. The Morgan fingerprint density at radius 2 is 2.00 bits per heavy atom. The van der Waals surface area contributed by atoms with Gasteiger partial charge in [0, 0.05) is 42.9 Å². The van der Waals surface area contributed by atoms with Crippen LogP contribution in [0.25, 0.3) is 0 Å². The zero-order chi connectivity index (χ0) is 19.4. The third-order valence-electron chi connectivity index (χ3n) is 4.49. The summed E-state index contributed by atoms with van der Waals surface area (Å²) in [5, 5.41) is 13.9. The quantitative estimate of drug-likeness (QED) is 0.575. The zero-order valence-electron chi connectivity index (χ0n) is 14.9.